The van der Waals surface area contributed by atoms with E-state index in [0.29, 0.717) is 11.3 Å². The summed E-state index contributed by atoms with van der Waals surface area (Å²) in [5.41, 5.74) is 1.36. The molecule has 0 aliphatic heterocycles. The number of hydrogen-bond donors (Lipinski definition) is 1. The van der Waals surface area contributed by atoms with E-state index >= 15 is 0 Å². The summed E-state index contributed by atoms with van der Waals surface area (Å²) >= 11 is 0. The first-order valence-electron chi connectivity index (χ1n) is 8.31. The third-order valence-electron chi connectivity index (χ3n) is 4.84. The summed E-state index contributed by atoms with van der Waals surface area (Å²) in [6, 6.07) is 10.9. The van der Waals surface area contributed by atoms with Crippen LogP contribution in [0.4, 0.5) is 0 Å². The van der Waals surface area contributed by atoms with Crippen molar-refractivity contribution in [3.05, 3.63) is 77.8 Å². The lowest BCUT2D eigenvalue weighted by Crippen LogP contribution is -2.63. The Balaban J connectivity index is 2.12. The maximum absolute atomic E-state index is 13.3. The number of carbonyl (C=O) groups is 2. The van der Waals surface area contributed by atoms with Crippen LogP contribution in [0, 0.1) is 0 Å². The van der Waals surface area contributed by atoms with Crippen molar-refractivity contribution in [3.63, 3.8) is 0 Å². The molecule has 6 heteroatoms. The minimum Gasteiger partial charge on any atom is -0.479 e. The number of carboxylic acids is 1. The van der Waals surface area contributed by atoms with E-state index in [2.05, 4.69) is 11.6 Å². The van der Waals surface area contributed by atoms with Gasteiger partial charge in [-0.1, -0.05) is 30.8 Å². The van der Waals surface area contributed by atoms with Gasteiger partial charge in [0.15, 0.2) is 5.54 Å². The lowest BCUT2D eigenvalue weighted by atomic mass is 9.93. The number of hydrazine groups is 1. The molecule has 1 amide bonds. The van der Waals surface area contributed by atoms with Crippen molar-refractivity contribution in [1.29, 1.82) is 0 Å². The minimum absolute atomic E-state index is 0.238. The molecule has 0 unspecified atom stereocenters. The summed E-state index contributed by atoms with van der Waals surface area (Å²) in [6.07, 6.45) is 3.49. The van der Waals surface area contributed by atoms with Crippen molar-refractivity contribution in [3.8, 4) is 0 Å². The van der Waals surface area contributed by atoms with E-state index in [0.717, 1.165) is 11.1 Å². The van der Waals surface area contributed by atoms with E-state index in [4.69, 9.17) is 0 Å². The van der Waals surface area contributed by atoms with Crippen molar-refractivity contribution >= 4 is 11.9 Å². The van der Waals surface area contributed by atoms with Crippen molar-refractivity contribution in [2.75, 3.05) is 7.05 Å². The smallest absolute Gasteiger partial charge is 0.332 e. The normalized spacial score (nSPS) is 14.4. The highest BCUT2D eigenvalue weighted by atomic mass is 16.4. The van der Waals surface area contributed by atoms with Gasteiger partial charge in [-0.25, -0.2) is 9.80 Å². The fraction of sp³-hybridized carbons (Fsp3) is 0.250. The van der Waals surface area contributed by atoms with Crippen molar-refractivity contribution in [2.45, 2.75) is 25.3 Å². The van der Waals surface area contributed by atoms with Crippen LogP contribution in [0.5, 0.6) is 0 Å². The highest BCUT2D eigenvalue weighted by molar-refractivity contribution is 5.98. The molecule has 1 aliphatic carbocycles. The number of carbonyl (C=O) groups excluding carboxylic acids is 1. The molecule has 0 bridgehead atoms. The highest BCUT2D eigenvalue weighted by Crippen LogP contribution is 2.37. The van der Waals surface area contributed by atoms with E-state index in [1.165, 1.54) is 16.2 Å². The molecule has 0 spiro atoms. The second kappa shape index (κ2) is 6.63. The van der Waals surface area contributed by atoms with Crippen LogP contribution >= 0.6 is 0 Å². The Bertz CT molecular complexity index is 839. The van der Waals surface area contributed by atoms with Gasteiger partial charge < -0.3 is 5.11 Å². The van der Waals surface area contributed by atoms with Crippen LogP contribution in [-0.2, 0) is 17.6 Å². The lowest BCUT2D eigenvalue weighted by molar-refractivity contribution is -0.157. The zero-order valence-electron chi connectivity index (χ0n) is 14.8. The molecule has 0 saturated heterocycles. The predicted octanol–water partition coefficient (Wildman–Crippen LogP) is 2.53. The summed E-state index contributed by atoms with van der Waals surface area (Å²) in [6.45, 7) is 5.62. The Morgan fingerprint density at radius 1 is 1.15 bits per heavy atom. The van der Waals surface area contributed by atoms with Gasteiger partial charge in [0.1, 0.15) is 0 Å². The molecule has 6 nitrogen and oxygen atoms in total. The first-order chi connectivity index (χ1) is 12.4. The number of pyridine rings is 1. The predicted molar refractivity (Wildman–Crippen MR) is 97.2 cm³/mol. The number of aromatic nitrogens is 1. The van der Waals surface area contributed by atoms with Gasteiger partial charge in [0.25, 0.3) is 5.91 Å². The fourth-order valence-electron chi connectivity index (χ4n) is 3.39. The maximum Gasteiger partial charge on any atom is 0.332 e. The molecule has 0 radical (unpaired) electrons. The Morgan fingerprint density at radius 2 is 1.77 bits per heavy atom. The summed E-state index contributed by atoms with van der Waals surface area (Å²) in [5, 5.41) is 13.0. The van der Waals surface area contributed by atoms with Crippen LogP contribution in [0.3, 0.4) is 0 Å². The minimum atomic E-state index is -1.41. The summed E-state index contributed by atoms with van der Waals surface area (Å²) < 4.78 is 0. The molecule has 3 rings (SSSR count). The van der Waals surface area contributed by atoms with Crippen LogP contribution in [0.15, 0.2) is 61.1 Å². The zero-order valence-corrected chi connectivity index (χ0v) is 14.8. The molecule has 1 aliphatic rings. The summed E-state index contributed by atoms with van der Waals surface area (Å²) in [4.78, 5) is 29.7. The average Bonchev–Trinajstić information content (AvgIpc) is 3.02. The van der Waals surface area contributed by atoms with E-state index in [-0.39, 0.29) is 12.8 Å². The number of hydrogen-bond acceptors (Lipinski definition) is 4. The van der Waals surface area contributed by atoms with Gasteiger partial charge in [0, 0.05) is 38.0 Å². The van der Waals surface area contributed by atoms with Crippen LogP contribution < -0.4 is 0 Å². The molecule has 134 valence electrons. The third kappa shape index (κ3) is 2.83. The number of carboxylic acid groups (broad SMARTS) is 1. The van der Waals surface area contributed by atoms with Crippen LogP contribution in [0.25, 0.3) is 0 Å². The van der Waals surface area contributed by atoms with Crippen LogP contribution in [0.1, 0.15) is 28.4 Å². The number of benzene rings is 1. The van der Waals surface area contributed by atoms with Crippen LogP contribution in [-0.4, -0.2) is 44.6 Å². The molecule has 1 heterocycles. The fourth-order valence-corrected chi connectivity index (χ4v) is 3.39. The molecule has 0 atom stereocenters. The standard InChI is InChI=1S/C20H21N3O3/c1-14(2)22(3)23(18(24)17-9-6-10-21-13-17)20(19(25)26)11-15-7-4-5-8-16(15)12-20/h4-10,13H,1,11-12H2,2-3H3,(H,25,26). The van der Waals surface area contributed by atoms with Crippen molar-refractivity contribution < 1.29 is 14.7 Å². The molecule has 1 N–H and O–H groups in total. The monoisotopic (exact) mass is 351 g/mol. The molecule has 0 saturated carbocycles. The number of nitrogens with zero attached hydrogens (tertiary/aromatic N) is 3. The quantitative estimate of drug-likeness (QED) is 0.838. The molecule has 1 aromatic heterocycles. The number of allylic oxidation sites excluding steroid dienone is 1. The van der Waals surface area contributed by atoms with Gasteiger partial charge in [0.2, 0.25) is 0 Å². The largest absolute Gasteiger partial charge is 0.479 e. The van der Waals surface area contributed by atoms with Gasteiger partial charge in [-0.05, 0) is 30.2 Å². The van der Waals surface area contributed by atoms with E-state index in [1.54, 1.807) is 32.3 Å². The Morgan fingerprint density at radius 3 is 2.23 bits per heavy atom. The maximum atomic E-state index is 13.3. The molecular weight excluding hydrogens is 330 g/mol. The Labute approximate surface area is 152 Å². The first kappa shape index (κ1) is 17.7. The van der Waals surface area contributed by atoms with Crippen LogP contribution in [0.2, 0.25) is 0 Å². The van der Waals surface area contributed by atoms with Crippen molar-refractivity contribution in [2.24, 2.45) is 0 Å². The Kier molecular flexibility index (Phi) is 4.50. The van der Waals surface area contributed by atoms with Gasteiger partial charge in [-0.15, -0.1) is 0 Å². The van der Waals surface area contributed by atoms with E-state index in [1.807, 2.05) is 24.3 Å². The van der Waals surface area contributed by atoms with Gasteiger partial charge >= 0.3 is 5.97 Å². The highest BCUT2D eigenvalue weighted by Gasteiger charge is 2.53. The molecule has 0 fully saturated rings. The molecule has 1 aromatic carbocycles. The SMILES string of the molecule is C=C(C)N(C)N(C(=O)c1cccnc1)C1(C(=O)O)Cc2ccccc2C1. The number of amides is 1. The summed E-state index contributed by atoms with van der Waals surface area (Å²) in [5.74, 6) is -1.46. The van der Waals surface area contributed by atoms with Gasteiger partial charge in [0.05, 0.1) is 5.56 Å². The van der Waals surface area contributed by atoms with E-state index in [9.17, 15) is 14.7 Å². The lowest BCUT2D eigenvalue weighted by Gasteiger charge is -2.44. The topological polar surface area (TPSA) is 73.7 Å². The molecule has 2 aromatic rings. The third-order valence-corrected chi connectivity index (χ3v) is 4.84. The van der Waals surface area contributed by atoms with Crippen molar-refractivity contribution in [1.82, 2.24) is 15.0 Å². The van der Waals surface area contributed by atoms with Gasteiger partial charge in [-0.2, -0.15) is 0 Å². The number of fused-ring (bicyclic) bond motifs is 1. The summed E-state index contributed by atoms with van der Waals surface area (Å²) in [7, 11) is 1.66. The first-order valence-corrected chi connectivity index (χ1v) is 8.31. The number of aliphatic carboxylic acids is 1. The Hall–Kier alpha value is -3.15. The second-order valence-corrected chi connectivity index (χ2v) is 6.58. The average molecular weight is 351 g/mol. The number of rotatable bonds is 5. The zero-order chi connectivity index (χ0) is 18.9. The van der Waals surface area contributed by atoms with Gasteiger partial charge in [-0.3, -0.25) is 14.8 Å². The molecular formula is C20H21N3O3. The molecule has 26 heavy (non-hydrogen) atoms. The van der Waals surface area contributed by atoms with E-state index < -0.39 is 17.4 Å². The second-order valence-electron chi connectivity index (χ2n) is 6.58.